The lowest BCUT2D eigenvalue weighted by Crippen LogP contribution is -2.43. The van der Waals surface area contributed by atoms with Crippen molar-refractivity contribution in [1.29, 1.82) is 0 Å². The van der Waals surface area contributed by atoms with Gasteiger partial charge in [-0.15, -0.1) is 11.3 Å². The van der Waals surface area contributed by atoms with E-state index >= 15 is 0 Å². The molecule has 0 spiro atoms. The van der Waals surface area contributed by atoms with Gasteiger partial charge in [-0.2, -0.15) is 4.31 Å². The molecular weight excluding hydrogens is 450 g/mol. The third-order valence-corrected chi connectivity index (χ3v) is 8.90. The molecule has 1 aliphatic heterocycles. The van der Waals surface area contributed by atoms with Crippen LogP contribution in [0.15, 0.2) is 49.8 Å². The number of ether oxygens (including phenoxy) is 1. The van der Waals surface area contributed by atoms with Crippen molar-refractivity contribution in [2.45, 2.75) is 43.7 Å². The number of fused-ring (bicyclic) bond motifs is 1. The Bertz CT molecular complexity index is 1310. The van der Waals surface area contributed by atoms with Crippen LogP contribution in [0.25, 0.3) is 11.0 Å². The van der Waals surface area contributed by atoms with Gasteiger partial charge in [-0.25, -0.2) is 13.2 Å². The predicted octanol–water partition coefficient (Wildman–Crippen LogP) is 4.12. The van der Waals surface area contributed by atoms with Crippen molar-refractivity contribution < 1.29 is 22.4 Å². The van der Waals surface area contributed by atoms with Crippen LogP contribution < -0.4 is 10.4 Å². The minimum absolute atomic E-state index is 0.0847. The van der Waals surface area contributed by atoms with Crippen LogP contribution in [-0.2, 0) is 21.2 Å². The summed E-state index contributed by atoms with van der Waals surface area (Å²) in [6, 6.07) is 9.86. The van der Waals surface area contributed by atoms with Gasteiger partial charge in [-0.3, -0.25) is 4.79 Å². The van der Waals surface area contributed by atoms with Gasteiger partial charge in [0.05, 0.1) is 5.92 Å². The number of carbonyl (C=O) groups excluding carboxylic acids is 1. The second-order valence-corrected chi connectivity index (χ2v) is 11.4. The van der Waals surface area contributed by atoms with Gasteiger partial charge < -0.3 is 9.15 Å². The topological polar surface area (TPSA) is 93.9 Å². The number of thiophene rings is 1. The van der Waals surface area contributed by atoms with E-state index in [0.717, 1.165) is 28.7 Å². The average molecular weight is 476 g/mol. The SMILES string of the molecule is CCCc1cc(=O)oc2cc(OC(=O)C3CCCN(S(=O)(=O)c4ccc(C)s4)C3)ccc12. The summed E-state index contributed by atoms with van der Waals surface area (Å²) in [5.41, 5.74) is 0.821. The molecule has 32 heavy (non-hydrogen) atoms. The maximum atomic E-state index is 12.9. The van der Waals surface area contributed by atoms with Crippen LogP contribution in [0, 0.1) is 12.8 Å². The number of piperidine rings is 1. The summed E-state index contributed by atoms with van der Waals surface area (Å²) in [5, 5.41) is 0.812. The van der Waals surface area contributed by atoms with E-state index in [9.17, 15) is 18.0 Å². The van der Waals surface area contributed by atoms with Gasteiger partial charge in [-0.1, -0.05) is 13.3 Å². The van der Waals surface area contributed by atoms with Crippen LogP contribution >= 0.6 is 11.3 Å². The molecule has 0 saturated carbocycles. The quantitative estimate of drug-likeness (QED) is 0.302. The lowest BCUT2D eigenvalue weighted by Gasteiger charge is -2.30. The fourth-order valence-electron chi connectivity index (χ4n) is 3.98. The Balaban J connectivity index is 1.51. The standard InChI is InChI=1S/C23H25NO6S2/c1-3-5-16-12-21(25)30-20-13-18(8-9-19(16)20)29-23(26)17-6-4-11-24(14-17)32(27,28)22-10-7-15(2)31-22/h7-10,12-13,17H,3-6,11,14H2,1-2H3. The molecule has 170 valence electrons. The maximum absolute atomic E-state index is 12.9. The molecule has 2 aromatic heterocycles. The van der Waals surface area contributed by atoms with E-state index in [0.29, 0.717) is 25.0 Å². The van der Waals surface area contributed by atoms with Gasteiger partial charge in [0.15, 0.2) is 0 Å². The van der Waals surface area contributed by atoms with Crippen molar-refractivity contribution in [2.24, 2.45) is 5.92 Å². The van der Waals surface area contributed by atoms with E-state index in [-0.39, 0.29) is 16.5 Å². The van der Waals surface area contributed by atoms with Crippen molar-refractivity contribution in [2.75, 3.05) is 13.1 Å². The lowest BCUT2D eigenvalue weighted by molar-refractivity contribution is -0.140. The van der Waals surface area contributed by atoms with Gasteiger partial charge in [0.25, 0.3) is 10.0 Å². The third kappa shape index (κ3) is 4.65. The zero-order chi connectivity index (χ0) is 22.9. The van der Waals surface area contributed by atoms with E-state index in [4.69, 9.17) is 9.15 Å². The second-order valence-electron chi connectivity index (χ2n) is 7.99. The summed E-state index contributed by atoms with van der Waals surface area (Å²) in [5.74, 6) is -0.777. The molecule has 9 heteroatoms. The number of aryl methyl sites for hydroxylation is 2. The molecule has 0 aliphatic carbocycles. The molecule has 0 bridgehead atoms. The fourth-order valence-corrected chi connectivity index (χ4v) is 6.94. The number of rotatable bonds is 6. The summed E-state index contributed by atoms with van der Waals surface area (Å²) in [7, 11) is -3.63. The van der Waals surface area contributed by atoms with Gasteiger partial charge >= 0.3 is 11.6 Å². The normalized spacial score (nSPS) is 17.5. The van der Waals surface area contributed by atoms with Crippen molar-refractivity contribution in [3.63, 3.8) is 0 Å². The van der Waals surface area contributed by atoms with Crippen LogP contribution in [0.2, 0.25) is 0 Å². The molecule has 4 rings (SSSR count). The highest BCUT2D eigenvalue weighted by molar-refractivity contribution is 7.91. The van der Waals surface area contributed by atoms with Gasteiger partial charge in [0.1, 0.15) is 15.5 Å². The first kappa shape index (κ1) is 22.7. The smallest absolute Gasteiger partial charge is 0.336 e. The highest BCUT2D eigenvalue weighted by Gasteiger charge is 2.35. The number of hydrogen-bond acceptors (Lipinski definition) is 7. The van der Waals surface area contributed by atoms with Gasteiger partial charge in [0, 0.05) is 35.5 Å². The van der Waals surface area contributed by atoms with Gasteiger partial charge in [0.2, 0.25) is 0 Å². The van der Waals surface area contributed by atoms with Crippen LogP contribution in [-0.4, -0.2) is 31.8 Å². The molecule has 0 amide bonds. The number of esters is 1. The lowest BCUT2D eigenvalue weighted by atomic mass is 10.00. The predicted molar refractivity (Wildman–Crippen MR) is 123 cm³/mol. The van der Waals surface area contributed by atoms with Crippen molar-refractivity contribution >= 4 is 38.3 Å². The zero-order valence-corrected chi connectivity index (χ0v) is 19.6. The molecule has 7 nitrogen and oxygen atoms in total. The Morgan fingerprint density at radius 2 is 2.06 bits per heavy atom. The first-order chi connectivity index (χ1) is 15.3. The Morgan fingerprint density at radius 3 is 2.78 bits per heavy atom. The van der Waals surface area contributed by atoms with Crippen molar-refractivity contribution in [3.8, 4) is 5.75 Å². The third-order valence-electron chi connectivity index (χ3n) is 5.57. The Kier molecular flexibility index (Phi) is 6.50. The van der Waals surface area contributed by atoms with E-state index in [2.05, 4.69) is 0 Å². The van der Waals surface area contributed by atoms with Crippen molar-refractivity contribution in [1.82, 2.24) is 4.31 Å². The van der Waals surface area contributed by atoms with Crippen LogP contribution in [0.5, 0.6) is 5.75 Å². The molecule has 0 radical (unpaired) electrons. The first-order valence-electron chi connectivity index (χ1n) is 10.6. The highest BCUT2D eigenvalue weighted by atomic mass is 32.2. The largest absolute Gasteiger partial charge is 0.426 e. The summed E-state index contributed by atoms with van der Waals surface area (Å²) in [6.45, 7) is 4.35. The molecular formula is C23H25NO6S2. The maximum Gasteiger partial charge on any atom is 0.336 e. The van der Waals surface area contributed by atoms with Crippen LogP contribution in [0.4, 0.5) is 0 Å². The summed E-state index contributed by atoms with van der Waals surface area (Å²) in [4.78, 5) is 25.6. The van der Waals surface area contributed by atoms with E-state index < -0.39 is 27.5 Å². The molecule has 1 aliphatic rings. The molecule has 1 saturated heterocycles. The van der Waals surface area contributed by atoms with Gasteiger partial charge in [-0.05, 0) is 56.0 Å². The molecule has 3 aromatic rings. The summed E-state index contributed by atoms with van der Waals surface area (Å²) >= 11 is 1.23. The average Bonchev–Trinajstić information content (AvgIpc) is 3.21. The molecule has 1 unspecified atom stereocenters. The number of sulfonamides is 1. The molecule has 1 atom stereocenters. The molecule has 1 fully saturated rings. The number of benzene rings is 1. The Morgan fingerprint density at radius 1 is 1.25 bits per heavy atom. The minimum atomic E-state index is -3.63. The number of nitrogens with zero attached hydrogens (tertiary/aromatic N) is 1. The first-order valence-corrected chi connectivity index (χ1v) is 12.9. The summed E-state index contributed by atoms with van der Waals surface area (Å²) in [6.07, 6.45) is 2.77. The van der Waals surface area contributed by atoms with E-state index in [1.165, 1.54) is 21.7 Å². The molecule has 0 N–H and O–H groups in total. The minimum Gasteiger partial charge on any atom is -0.426 e. The molecule has 3 heterocycles. The molecule has 1 aromatic carbocycles. The number of carbonyl (C=O) groups is 1. The Labute approximate surface area is 190 Å². The Hall–Kier alpha value is -2.49. The summed E-state index contributed by atoms with van der Waals surface area (Å²) < 4.78 is 38.4. The fraction of sp³-hybridized carbons (Fsp3) is 0.391. The highest BCUT2D eigenvalue weighted by Crippen LogP contribution is 2.29. The van der Waals surface area contributed by atoms with Crippen LogP contribution in [0.1, 0.15) is 36.6 Å². The van der Waals surface area contributed by atoms with E-state index in [1.807, 2.05) is 13.8 Å². The second kappa shape index (κ2) is 9.17. The number of hydrogen-bond donors (Lipinski definition) is 0. The monoisotopic (exact) mass is 475 g/mol. The van der Waals surface area contributed by atoms with E-state index in [1.54, 1.807) is 30.3 Å². The zero-order valence-electron chi connectivity index (χ0n) is 18.0. The van der Waals surface area contributed by atoms with Crippen LogP contribution in [0.3, 0.4) is 0 Å². The van der Waals surface area contributed by atoms with Crippen molar-refractivity contribution in [3.05, 3.63) is 57.3 Å².